The highest BCUT2D eigenvalue weighted by atomic mass is 16.2. The molecule has 1 unspecified atom stereocenters. The summed E-state index contributed by atoms with van der Waals surface area (Å²) in [5.74, 6) is -0.336. The normalized spacial score (nSPS) is 12.4. The predicted molar refractivity (Wildman–Crippen MR) is 104 cm³/mol. The number of aldehydes is 1. The number of aromatic nitrogens is 3. The molecule has 0 saturated carbocycles. The molecule has 0 radical (unpaired) electrons. The van der Waals surface area contributed by atoms with Crippen LogP contribution in [0.2, 0.25) is 0 Å². The summed E-state index contributed by atoms with van der Waals surface area (Å²) in [5, 5.41) is 0. The average molecular weight is 362 g/mol. The van der Waals surface area contributed by atoms with Crippen molar-refractivity contribution in [3.05, 3.63) is 78.1 Å². The maximum atomic E-state index is 13.1. The van der Waals surface area contributed by atoms with Crippen molar-refractivity contribution >= 4 is 17.9 Å². The molecule has 1 aromatic carbocycles. The number of amides is 1. The molecular formula is C21H22N4O2. The monoisotopic (exact) mass is 362 g/mol. The standard InChI is InChI=1S/C21H22N4O2/c1-21(2,3)16-6-8-17(9-7-16)25(20(27)18-12-23-14-24-18)19(13-26)15-5-4-10-22-11-15/h4-14,19H,1-3H3,(H,23,24). The second-order valence-electron chi connectivity index (χ2n) is 7.30. The maximum Gasteiger partial charge on any atom is 0.277 e. The topological polar surface area (TPSA) is 79.0 Å². The largest absolute Gasteiger partial charge is 0.341 e. The van der Waals surface area contributed by atoms with E-state index in [2.05, 4.69) is 35.7 Å². The summed E-state index contributed by atoms with van der Waals surface area (Å²) >= 11 is 0. The Kier molecular flexibility index (Phi) is 5.16. The Labute approximate surface area is 158 Å². The van der Waals surface area contributed by atoms with E-state index in [9.17, 15) is 9.59 Å². The molecule has 2 aromatic heterocycles. The van der Waals surface area contributed by atoms with Gasteiger partial charge in [0.25, 0.3) is 5.91 Å². The van der Waals surface area contributed by atoms with Crippen LogP contribution in [-0.4, -0.2) is 27.1 Å². The van der Waals surface area contributed by atoms with E-state index in [1.165, 1.54) is 17.4 Å². The van der Waals surface area contributed by atoms with Crippen LogP contribution < -0.4 is 4.90 Å². The van der Waals surface area contributed by atoms with Crippen LogP contribution in [0.4, 0.5) is 5.69 Å². The summed E-state index contributed by atoms with van der Waals surface area (Å²) in [6.07, 6.45) is 6.86. The Bertz CT molecular complexity index is 898. The minimum Gasteiger partial charge on any atom is -0.341 e. The number of pyridine rings is 1. The molecule has 0 aliphatic rings. The number of nitrogens with one attached hydrogen (secondary N) is 1. The SMILES string of the molecule is CC(C)(C)c1ccc(N(C(=O)c2cnc[nH]2)C(C=O)c2cccnc2)cc1. The third-order valence-electron chi connectivity index (χ3n) is 4.39. The smallest absolute Gasteiger partial charge is 0.277 e. The first kappa shape index (κ1) is 18.5. The van der Waals surface area contributed by atoms with E-state index in [0.717, 1.165) is 11.8 Å². The number of imidazole rings is 1. The van der Waals surface area contributed by atoms with Gasteiger partial charge >= 0.3 is 0 Å². The van der Waals surface area contributed by atoms with Crippen LogP contribution in [0.1, 0.15) is 48.4 Å². The van der Waals surface area contributed by atoms with Gasteiger partial charge in [0.2, 0.25) is 0 Å². The van der Waals surface area contributed by atoms with Crippen molar-refractivity contribution in [2.24, 2.45) is 0 Å². The van der Waals surface area contributed by atoms with E-state index >= 15 is 0 Å². The lowest BCUT2D eigenvalue weighted by molar-refractivity contribution is -0.109. The zero-order chi connectivity index (χ0) is 19.4. The van der Waals surface area contributed by atoms with Crippen molar-refractivity contribution in [1.29, 1.82) is 0 Å². The van der Waals surface area contributed by atoms with Crippen molar-refractivity contribution < 1.29 is 9.59 Å². The van der Waals surface area contributed by atoms with E-state index < -0.39 is 6.04 Å². The first-order valence-electron chi connectivity index (χ1n) is 8.69. The predicted octanol–water partition coefficient (Wildman–Crippen LogP) is 3.69. The maximum absolute atomic E-state index is 13.1. The summed E-state index contributed by atoms with van der Waals surface area (Å²) in [6, 6.07) is 10.4. The number of rotatable bonds is 5. The molecule has 3 aromatic rings. The number of anilines is 1. The van der Waals surface area contributed by atoms with Crippen molar-refractivity contribution in [1.82, 2.24) is 15.0 Å². The summed E-state index contributed by atoms with van der Waals surface area (Å²) in [7, 11) is 0. The molecular weight excluding hydrogens is 340 g/mol. The van der Waals surface area contributed by atoms with Crippen LogP contribution in [0, 0.1) is 0 Å². The van der Waals surface area contributed by atoms with Crippen LogP contribution in [0.15, 0.2) is 61.3 Å². The molecule has 0 bridgehead atoms. The third kappa shape index (κ3) is 3.95. The second-order valence-corrected chi connectivity index (χ2v) is 7.30. The van der Waals surface area contributed by atoms with Gasteiger partial charge in [-0.1, -0.05) is 39.0 Å². The van der Waals surface area contributed by atoms with E-state index in [1.807, 2.05) is 24.3 Å². The number of hydrogen-bond acceptors (Lipinski definition) is 4. The van der Waals surface area contributed by atoms with Gasteiger partial charge in [-0.05, 0) is 29.2 Å². The van der Waals surface area contributed by atoms with Crippen molar-refractivity contribution in [3.63, 3.8) is 0 Å². The summed E-state index contributed by atoms with van der Waals surface area (Å²) in [6.45, 7) is 6.37. The van der Waals surface area contributed by atoms with Crippen molar-refractivity contribution in [3.8, 4) is 0 Å². The molecule has 0 saturated heterocycles. The first-order chi connectivity index (χ1) is 12.9. The van der Waals surface area contributed by atoms with Gasteiger partial charge in [-0.3, -0.25) is 14.7 Å². The van der Waals surface area contributed by atoms with E-state index in [1.54, 1.807) is 24.5 Å². The molecule has 138 valence electrons. The molecule has 2 heterocycles. The Hall–Kier alpha value is -3.28. The minimum absolute atomic E-state index is 0.00977. The number of H-pyrrole nitrogens is 1. The van der Waals surface area contributed by atoms with Gasteiger partial charge in [-0.15, -0.1) is 0 Å². The highest BCUT2D eigenvalue weighted by Gasteiger charge is 2.29. The number of aromatic amines is 1. The Morgan fingerprint density at radius 1 is 1.11 bits per heavy atom. The quantitative estimate of drug-likeness (QED) is 0.702. The molecule has 27 heavy (non-hydrogen) atoms. The van der Waals surface area contributed by atoms with E-state index in [-0.39, 0.29) is 11.3 Å². The Balaban J connectivity index is 2.07. The van der Waals surface area contributed by atoms with Crippen LogP contribution in [0.5, 0.6) is 0 Å². The number of carbonyl (C=O) groups is 2. The summed E-state index contributed by atoms with van der Waals surface area (Å²) < 4.78 is 0. The highest BCUT2D eigenvalue weighted by molar-refractivity contribution is 6.07. The van der Waals surface area contributed by atoms with Gasteiger partial charge in [0, 0.05) is 23.6 Å². The van der Waals surface area contributed by atoms with Gasteiger partial charge in [-0.25, -0.2) is 4.98 Å². The van der Waals surface area contributed by atoms with E-state index in [4.69, 9.17) is 0 Å². The highest BCUT2D eigenvalue weighted by Crippen LogP contribution is 2.30. The Morgan fingerprint density at radius 2 is 1.85 bits per heavy atom. The van der Waals surface area contributed by atoms with Gasteiger partial charge < -0.3 is 9.78 Å². The van der Waals surface area contributed by atoms with Gasteiger partial charge in [0.1, 0.15) is 18.0 Å². The summed E-state index contributed by atoms with van der Waals surface area (Å²) in [5.41, 5.74) is 2.71. The number of carbonyl (C=O) groups excluding carboxylic acids is 2. The molecule has 6 heteroatoms. The molecule has 0 spiro atoms. The molecule has 0 aliphatic heterocycles. The van der Waals surface area contributed by atoms with Crippen LogP contribution in [-0.2, 0) is 10.2 Å². The molecule has 6 nitrogen and oxygen atoms in total. The lowest BCUT2D eigenvalue weighted by Crippen LogP contribution is -2.36. The average Bonchev–Trinajstić information content (AvgIpc) is 3.20. The fourth-order valence-electron chi connectivity index (χ4n) is 2.87. The molecule has 1 amide bonds. The van der Waals surface area contributed by atoms with Gasteiger partial charge in [0.05, 0.1) is 12.5 Å². The lowest BCUT2D eigenvalue weighted by atomic mass is 9.87. The Morgan fingerprint density at radius 3 is 2.37 bits per heavy atom. The lowest BCUT2D eigenvalue weighted by Gasteiger charge is -2.29. The number of benzene rings is 1. The van der Waals surface area contributed by atoms with Crippen LogP contribution in [0.3, 0.4) is 0 Å². The molecule has 0 fully saturated rings. The molecule has 1 atom stereocenters. The number of hydrogen-bond donors (Lipinski definition) is 1. The fourth-order valence-corrected chi connectivity index (χ4v) is 2.87. The van der Waals surface area contributed by atoms with Crippen molar-refractivity contribution in [2.75, 3.05) is 4.90 Å². The first-order valence-corrected chi connectivity index (χ1v) is 8.69. The van der Waals surface area contributed by atoms with E-state index in [0.29, 0.717) is 16.9 Å². The van der Waals surface area contributed by atoms with Crippen LogP contribution in [0.25, 0.3) is 0 Å². The minimum atomic E-state index is -0.796. The fraction of sp³-hybridized carbons (Fsp3) is 0.238. The molecule has 0 aliphatic carbocycles. The summed E-state index contributed by atoms with van der Waals surface area (Å²) in [4.78, 5) is 37.4. The zero-order valence-electron chi connectivity index (χ0n) is 15.6. The zero-order valence-corrected chi connectivity index (χ0v) is 15.6. The number of nitrogens with zero attached hydrogens (tertiary/aromatic N) is 3. The van der Waals surface area contributed by atoms with Gasteiger partial charge in [0.15, 0.2) is 0 Å². The second kappa shape index (κ2) is 7.53. The van der Waals surface area contributed by atoms with Crippen molar-refractivity contribution in [2.45, 2.75) is 32.2 Å². The third-order valence-corrected chi connectivity index (χ3v) is 4.39. The van der Waals surface area contributed by atoms with Gasteiger partial charge in [-0.2, -0.15) is 0 Å². The van der Waals surface area contributed by atoms with Crippen LogP contribution >= 0.6 is 0 Å². The molecule has 3 rings (SSSR count). The molecule has 1 N–H and O–H groups in total.